The number of aryl methyl sites for hydroxylation is 2. The number of carbonyl (C=O) groups excluding carboxylic acids is 1. The highest BCUT2D eigenvalue weighted by atomic mass is 32.2. The summed E-state index contributed by atoms with van der Waals surface area (Å²) in [5.41, 5.74) is 2.90. The Morgan fingerprint density at radius 2 is 1.82 bits per heavy atom. The van der Waals surface area contributed by atoms with Crippen molar-refractivity contribution in [2.45, 2.75) is 37.6 Å². The average Bonchev–Trinajstić information content (AvgIpc) is 2.79. The number of carbonyl (C=O) groups is 1. The van der Waals surface area contributed by atoms with Gasteiger partial charge in [0.2, 0.25) is 15.9 Å². The lowest BCUT2D eigenvalue weighted by atomic mass is 10.0. The van der Waals surface area contributed by atoms with E-state index in [2.05, 4.69) is 51.2 Å². The van der Waals surface area contributed by atoms with Gasteiger partial charge in [0.25, 0.3) is 0 Å². The fourth-order valence-electron chi connectivity index (χ4n) is 4.19. The van der Waals surface area contributed by atoms with Crippen LogP contribution in [0.25, 0.3) is 0 Å². The minimum atomic E-state index is -3.63. The summed E-state index contributed by atoms with van der Waals surface area (Å²) in [5.74, 6) is -0.142. The van der Waals surface area contributed by atoms with Gasteiger partial charge in [0.05, 0.1) is 4.90 Å². The lowest BCUT2D eigenvalue weighted by Gasteiger charge is -2.40. The van der Waals surface area contributed by atoms with Crippen molar-refractivity contribution in [2.75, 3.05) is 46.3 Å². The SMILES string of the molecule is Cc1ccc(C)c(S(=O)(=O)NCCC(=O)NCCCN2CCN(C)CC2c2ccccc2)c1. The summed E-state index contributed by atoms with van der Waals surface area (Å²) in [5, 5.41) is 2.92. The third kappa shape index (κ3) is 7.37. The molecule has 2 N–H and O–H groups in total. The van der Waals surface area contributed by atoms with Crippen LogP contribution < -0.4 is 10.0 Å². The van der Waals surface area contributed by atoms with Crippen LogP contribution in [0.4, 0.5) is 0 Å². The van der Waals surface area contributed by atoms with Crippen molar-refractivity contribution in [3.63, 3.8) is 0 Å². The quantitative estimate of drug-likeness (QED) is 0.519. The fraction of sp³-hybridized carbons (Fsp3) is 0.480. The van der Waals surface area contributed by atoms with E-state index < -0.39 is 10.0 Å². The van der Waals surface area contributed by atoms with Gasteiger partial charge in [-0.2, -0.15) is 0 Å². The molecule has 1 heterocycles. The first kappa shape index (κ1) is 25.4. The van der Waals surface area contributed by atoms with Crippen LogP contribution >= 0.6 is 0 Å². The molecule has 2 aromatic rings. The second-order valence-electron chi connectivity index (χ2n) is 8.84. The Hall–Kier alpha value is -2.26. The van der Waals surface area contributed by atoms with Gasteiger partial charge in [-0.15, -0.1) is 0 Å². The van der Waals surface area contributed by atoms with Crippen molar-refractivity contribution in [1.82, 2.24) is 19.8 Å². The molecule has 1 aliphatic rings. The molecule has 2 aromatic carbocycles. The maximum atomic E-state index is 12.5. The van der Waals surface area contributed by atoms with Crippen molar-refractivity contribution in [2.24, 2.45) is 0 Å². The van der Waals surface area contributed by atoms with Crippen LogP contribution in [-0.2, 0) is 14.8 Å². The summed E-state index contributed by atoms with van der Waals surface area (Å²) < 4.78 is 27.6. The molecule has 1 unspecified atom stereocenters. The molecule has 180 valence electrons. The third-order valence-electron chi connectivity index (χ3n) is 6.10. The molecule has 0 bridgehead atoms. The van der Waals surface area contributed by atoms with Crippen LogP contribution in [0, 0.1) is 13.8 Å². The molecule has 1 saturated heterocycles. The summed E-state index contributed by atoms with van der Waals surface area (Å²) in [6, 6.07) is 16.2. The Bertz CT molecular complexity index is 1030. The topological polar surface area (TPSA) is 81.7 Å². The minimum Gasteiger partial charge on any atom is -0.356 e. The van der Waals surface area contributed by atoms with Crippen LogP contribution in [0.5, 0.6) is 0 Å². The highest BCUT2D eigenvalue weighted by Crippen LogP contribution is 2.24. The normalized spacial score (nSPS) is 17.7. The van der Waals surface area contributed by atoms with Crippen molar-refractivity contribution < 1.29 is 13.2 Å². The average molecular weight is 473 g/mol. The number of piperazine rings is 1. The number of nitrogens with one attached hydrogen (secondary N) is 2. The van der Waals surface area contributed by atoms with Crippen molar-refractivity contribution in [3.8, 4) is 0 Å². The van der Waals surface area contributed by atoms with Gasteiger partial charge in [0.15, 0.2) is 0 Å². The zero-order valence-electron chi connectivity index (χ0n) is 19.9. The van der Waals surface area contributed by atoms with Crippen molar-refractivity contribution >= 4 is 15.9 Å². The minimum absolute atomic E-state index is 0.0795. The summed E-state index contributed by atoms with van der Waals surface area (Å²) in [7, 11) is -1.47. The van der Waals surface area contributed by atoms with E-state index in [1.54, 1.807) is 19.1 Å². The van der Waals surface area contributed by atoms with E-state index in [0.29, 0.717) is 18.2 Å². The van der Waals surface area contributed by atoms with E-state index in [4.69, 9.17) is 0 Å². The number of hydrogen-bond acceptors (Lipinski definition) is 5. The number of nitrogens with zero attached hydrogens (tertiary/aromatic N) is 2. The predicted molar refractivity (Wildman–Crippen MR) is 132 cm³/mol. The van der Waals surface area contributed by atoms with E-state index in [-0.39, 0.29) is 23.8 Å². The number of hydrogen-bond donors (Lipinski definition) is 2. The Labute approximate surface area is 198 Å². The van der Waals surface area contributed by atoms with Gasteiger partial charge in [0, 0.05) is 51.7 Å². The first-order chi connectivity index (χ1) is 15.8. The molecule has 1 atom stereocenters. The molecule has 3 rings (SSSR count). The second-order valence-corrected chi connectivity index (χ2v) is 10.6. The first-order valence-corrected chi connectivity index (χ1v) is 13.1. The summed E-state index contributed by atoms with van der Waals surface area (Å²) in [4.78, 5) is 17.3. The van der Waals surface area contributed by atoms with Crippen LogP contribution in [-0.4, -0.2) is 70.4 Å². The molecule has 0 saturated carbocycles. The Morgan fingerprint density at radius 1 is 1.06 bits per heavy atom. The molecular formula is C25H36N4O3S. The van der Waals surface area contributed by atoms with Crippen molar-refractivity contribution in [3.05, 3.63) is 65.2 Å². The Morgan fingerprint density at radius 3 is 2.58 bits per heavy atom. The van der Waals surface area contributed by atoms with E-state index in [1.807, 2.05) is 19.1 Å². The monoisotopic (exact) mass is 472 g/mol. The zero-order chi connectivity index (χ0) is 23.8. The highest BCUT2D eigenvalue weighted by Gasteiger charge is 2.26. The summed E-state index contributed by atoms with van der Waals surface area (Å²) in [6.07, 6.45) is 0.970. The number of likely N-dealkylation sites (N-methyl/N-ethyl adjacent to an activating group) is 1. The molecule has 0 aromatic heterocycles. The second kappa shape index (κ2) is 11.7. The maximum Gasteiger partial charge on any atom is 0.240 e. The predicted octanol–water partition coefficient (Wildman–Crippen LogP) is 2.47. The lowest BCUT2D eigenvalue weighted by molar-refractivity contribution is -0.120. The third-order valence-corrected chi connectivity index (χ3v) is 7.70. The number of amides is 1. The van der Waals surface area contributed by atoms with Crippen molar-refractivity contribution in [1.29, 1.82) is 0 Å². The molecular weight excluding hydrogens is 436 g/mol. The van der Waals surface area contributed by atoms with E-state index in [0.717, 1.165) is 38.2 Å². The zero-order valence-corrected chi connectivity index (χ0v) is 20.7. The molecule has 0 aliphatic carbocycles. The molecule has 0 radical (unpaired) electrons. The number of sulfonamides is 1. The molecule has 1 aliphatic heterocycles. The van der Waals surface area contributed by atoms with Gasteiger partial charge >= 0.3 is 0 Å². The largest absolute Gasteiger partial charge is 0.356 e. The molecule has 1 fully saturated rings. The molecule has 1 amide bonds. The van der Waals surface area contributed by atoms with Gasteiger partial charge in [0.1, 0.15) is 0 Å². The van der Waals surface area contributed by atoms with Gasteiger partial charge in [-0.25, -0.2) is 13.1 Å². The molecule has 0 spiro atoms. The van der Waals surface area contributed by atoms with E-state index in [9.17, 15) is 13.2 Å². The van der Waals surface area contributed by atoms with Gasteiger partial charge in [-0.05, 0) is 50.1 Å². The Balaban J connectivity index is 1.40. The van der Waals surface area contributed by atoms with Gasteiger partial charge in [-0.1, -0.05) is 42.5 Å². The summed E-state index contributed by atoms with van der Waals surface area (Å²) in [6.45, 7) is 8.23. The number of rotatable bonds is 10. The lowest BCUT2D eigenvalue weighted by Crippen LogP contribution is -2.47. The van der Waals surface area contributed by atoms with Gasteiger partial charge in [-0.3, -0.25) is 9.69 Å². The Kier molecular flexibility index (Phi) is 9.02. The van der Waals surface area contributed by atoms with Crippen LogP contribution in [0.1, 0.15) is 35.6 Å². The van der Waals surface area contributed by atoms with E-state index >= 15 is 0 Å². The van der Waals surface area contributed by atoms with Crippen LogP contribution in [0.2, 0.25) is 0 Å². The van der Waals surface area contributed by atoms with Gasteiger partial charge < -0.3 is 10.2 Å². The molecule has 33 heavy (non-hydrogen) atoms. The fourth-order valence-corrected chi connectivity index (χ4v) is 5.55. The van der Waals surface area contributed by atoms with E-state index in [1.165, 1.54) is 5.56 Å². The standard InChI is InChI=1S/C25H36N4O3S/c1-20-10-11-21(2)24(18-20)33(31,32)27-14-12-25(30)26-13-7-15-29-17-16-28(3)19-23(29)22-8-5-4-6-9-22/h4-6,8-11,18,23,27H,7,12-17,19H2,1-3H3,(H,26,30). The molecule has 8 heteroatoms. The smallest absolute Gasteiger partial charge is 0.240 e. The summed E-state index contributed by atoms with van der Waals surface area (Å²) >= 11 is 0. The highest BCUT2D eigenvalue weighted by molar-refractivity contribution is 7.89. The van der Waals surface area contributed by atoms with Crippen LogP contribution in [0.3, 0.4) is 0 Å². The molecule has 7 nitrogen and oxygen atoms in total. The first-order valence-electron chi connectivity index (χ1n) is 11.6. The maximum absolute atomic E-state index is 12.5. The van der Waals surface area contributed by atoms with Crippen LogP contribution in [0.15, 0.2) is 53.4 Å². The number of benzene rings is 2.